The first kappa shape index (κ1) is 20.8. The average molecular weight is 383 g/mol. The summed E-state index contributed by atoms with van der Waals surface area (Å²) in [7, 11) is -1.44. The second-order valence-corrected chi connectivity index (χ2v) is 8.50. The number of rotatable bonds is 8. The molecule has 0 atom stereocenters. The summed E-state index contributed by atoms with van der Waals surface area (Å²) in [5.41, 5.74) is 1.17. The Balaban J connectivity index is 1.88. The fourth-order valence-corrected chi connectivity index (χ4v) is 4.02. The van der Waals surface area contributed by atoms with Gasteiger partial charge in [0.1, 0.15) is 0 Å². The quantitative estimate of drug-likeness (QED) is 0.646. The Morgan fingerprint density at radius 3 is 2.54 bits per heavy atom. The van der Waals surface area contributed by atoms with E-state index < -0.39 is 10.0 Å². The predicted octanol–water partition coefficient (Wildman–Crippen LogP) is 0.661. The number of likely N-dealkylation sites (N-methyl/N-ethyl adjacent to an activating group) is 1. The minimum Gasteiger partial charge on any atom is -0.352 e. The van der Waals surface area contributed by atoms with Crippen molar-refractivity contribution in [3.8, 4) is 0 Å². The standard InChI is InChI=1S/C18H30N4O3S/c1-4-20-26(24,25)16-7-6-15(2)17(14-16)18(23)19-8-5-9-22-12-10-21(3)11-13-22/h6-7,14,20H,4-5,8-13H2,1-3H3,(H,19,23). The van der Waals surface area contributed by atoms with E-state index in [0.717, 1.165) is 44.7 Å². The van der Waals surface area contributed by atoms with Gasteiger partial charge < -0.3 is 15.1 Å². The van der Waals surface area contributed by atoms with Gasteiger partial charge in [-0.1, -0.05) is 13.0 Å². The van der Waals surface area contributed by atoms with Gasteiger partial charge in [0.15, 0.2) is 0 Å². The summed E-state index contributed by atoms with van der Waals surface area (Å²) in [5.74, 6) is -0.227. The molecule has 0 aromatic heterocycles. The number of hydrogen-bond acceptors (Lipinski definition) is 5. The number of piperazine rings is 1. The Kier molecular flexibility index (Phi) is 7.57. The van der Waals surface area contributed by atoms with Crippen molar-refractivity contribution in [3.05, 3.63) is 29.3 Å². The lowest BCUT2D eigenvalue weighted by Gasteiger charge is -2.32. The zero-order valence-corrected chi connectivity index (χ0v) is 16.7. The van der Waals surface area contributed by atoms with Crippen molar-refractivity contribution in [2.24, 2.45) is 0 Å². The van der Waals surface area contributed by atoms with Crippen molar-refractivity contribution in [2.75, 3.05) is 52.9 Å². The van der Waals surface area contributed by atoms with Gasteiger partial charge in [-0.2, -0.15) is 0 Å². The highest BCUT2D eigenvalue weighted by Gasteiger charge is 2.17. The number of hydrogen-bond donors (Lipinski definition) is 2. The monoisotopic (exact) mass is 382 g/mol. The van der Waals surface area contributed by atoms with Crippen molar-refractivity contribution in [3.63, 3.8) is 0 Å². The van der Waals surface area contributed by atoms with Crippen LogP contribution in [0.3, 0.4) is 0 Å². The first-order valence-electron chi connectivity index (χ1n) is 9.13. The van der Waals surface area contributed by atoms with E-state index in [9.17, 15) is 13.2 Å². The van der Waals surface area contributed by atoms with Gasteiger partial charge in [0.25, 0.3) is 5.91 Å². The van der Waals surface area contributed by atoms with Crippen molar-refractivity contribution >= 4 is 15.9 Å². The number of sulfonamides is 1. The number of amides is 1. The van der Waals surface area contributed by atoms with E-state index >= 15 is 0 Å². The van der Waals surface area contributed by atoms with E-state index in [1.807, 2.05) is 6.92 Å². The van der Waals surface area contributed by atoms with Crippen LogP contribution in [0.4, 0.5) is 0 Å². The maximum absolute atomic E-state index is 12.5. The lowest BCUT2D eigenvalue weighted by atomic mass is 10.1. The average Bonchev–Trinajstić information content (AvgIpc) is 2.60. The minimum absolute atomic E-state index is 0.118. The van der Waals surface area contributed by atoms with E-state index in [1.54, 1.807) is 13.0 Å². The molecule has 1 saturated heterocycles. The van der Waals surface area contributed by atoms with Crippen molar-refractivity contribution in [2.45, 2.75) is 25.2 Å². The molecule has 1 fully saturated rings. The van der Waals surface area contributed by atoms with E-state index in [0.29, 0.717) is 18.7 Å². The number of nitrogens with zero attached hydrogens (tertiary/aromatic N) is 2. The zero-order chi connectivity index (χ0) is 19.2. The topological polar surface area (TPSA) is 81.7 Å². The summed E-state index contributed by atoms with van der Waals surface area (Å²) < 4.78 is 26.7. The second kappa shape index (κ2) is 9.45. The molecule has 0 bridgehead atoms. The van der Waals surface area contributed by atoms with Crippen LogP contribution in [0.15, 0.2) is 23.1 Å². The van der Waals surface area contributed by atoms with Crippen molar-refractivity contribution < 1.29 is 13.2 Å². The summed E-state index contributed by atoms with van der Waals surface area (Å²) in [5, 5.41) is 2.91. The highest BCUT2D eigenvalue weighted by atomic mass is 32.2. The maximum atomic E-state index is 12.5. The lowest BCUT2D eigenvalue weighted by molar-refractivity contribution is 0.0948. The molecule has 0 saturated carbocycles. The van der Waals surface area contributed by atoms with Crippen LogP contribution < -0.4 is 10.0 Å². The van der Waals surface area contributed by atoms with Gasteiger partial charge in [-0.25, -0.2) is 13.1 Å². The SMILES string of the molecule is CCNS(=O)(=O)c1ccc(C)c(C(=O)NCCCN2CCN(C)CC2)c1. The third-order valence-electron chi connectivity index (χ3n) is 4.63. The molecule has 1 aromatic rings. The normalized spacial score (nSPS) is 16.6. The fourth-order valence-electron chi connectivity index (χ4n) is 2.96. The molecule has 0 unspecified atom stereocenters. The van der Waals surface area contributed by atoms with Crippen LogP contribution in [-0.2, 0) is 10.0 Å². The Labute approximate surface area is 156 Å². The summed E-state index contributed by atoms with van der Waals surface area (Å²) in [6, 6.07) is 4.64. The van der Waals surface area contributed by atoms with Gasteiger partial charge in [0.05, 0.1) is 4.90 Å². The Morgan fingerprint density at radius 1 is 1.19 bits per heavy atom. The molecule has 1 amide bonds. The fraction of sp³-hybridized carbons (Fsp3) is 0.611. The van der Waals surface area contributed by atoms with Crippen LogP contribution in [0.25, 0.3) is 0 Å². The Hall–Kier alpha value is -1.48. The van der Waals surface area contributed by atoms with E-state index in [2.05, 4.69) is 26.9 Å². The first-order chi connectivity index (χ1) is 12.3. The van der Waals surface area contributed by atoms with Gasteiger partial charge in [0, 0.05) is 44.8 Å². The number of carbonyl (C=O) groups excluding carboxylic acids is 1. The molecule has 8 heteroatoms. The molecular formula is C18H30N4O3S. The maximum Gasteiger partial charge on any atom is 0.251 e. The second-order valence-electron chi connectivity index (χ2n) is 6.73. The summed E-state index contributed by atoms with van der Waals surface area (Å²) in [6.07, 6.45) is 0.879. The molecule has 1 aliphatic rings. The highest BCUT2D eigenvalue weighted by Crippen LogP contribution is 2.15. The smallest absolute Gasteiger partial charge is 0.251 e. The zero-order valence-electron chi connectivity index (χ0n) is 15.9. The van der Waals surface area contributed by atoms with Gasteiger partial charge in [-0.05, 0) is 44.6 Å². The molecule has 2 N–H and O–H groups in total. The molecule has 26 heavy (non-hydrogen) atoms. The van der Waals surface area contributed by atoms with E-state index in [1.165, 1.54) is 12.1 Å². The predicted molar refractivity (Wildman–Crippen MR) is 103 cm³/mol. The molecule has 1 aromatic carbocycles. The molecular weight excluding hydrogens is 352 g/mol. The van der Waals surface area contributed by atoms with Gasteiger partial charge in [-0.3, -0.25) is 4.79 Å². The number of benzene rings is 1. The summed E-state index contributed by atoms with van der Waals surface area (Å²) >= 11 is 0. The van der Waals surface area contributed by atoms with Crippen molar-refractivity contribution in [1.82, 2.24) is 19.8 Å². The van der Waals surface area contributed by atoms with E-state index in [4.69, 9.17) is 0 Å². The molecule has 2 rings (SSSR count). The van der Waals surface area contributed by atoms with Gasteiger partial charge in [-0.15, -0.1) is 0 Å². The number of carbonyl (C=O) groups is 1. The Bertz CT molecular complexity index is 713. The van der Waals surface area contributed by atoms with Crippen molar-refractivity contribution in [1.29, 1.82) is 0 Å². The molecule has 0 radical (unpaired) electrons. The molecule has 0 aliphatic carbocycles. The van der Waals surface area contributed by atoms with Gasteiger partial charge in [0.2, 0.25) is 10.0 Å². The highest BCUT2D eigenvalue weighted by molar-refractivity contribution is 7.89. The third-order valence-corrected chi connectivity index (χ3v) is 6.17. The molecule has 146 valence electrons. The van der Waals surface area contributed by atoms with Crippen LogP contribution in [0.5, 0.6) is 0 Å². The number of nitrogens with one attached hydrogen (secondary N) is 2. The summed E-state index contributed by atoms with van der Waals surface area (Å²) in [4.78, 5) is 17.3. The molecule has 1 aliphatic heterocycles. The summed E-state index contributed by atoms with van der Waals surface area (Å²) in [6.45, 7) is 9.67. The third kappa shape index (κ3) is 5.77. The largest absolute Gasteiger partial charge is 0.352 e. The first-order valence-corrected chi connectivity index (χ1v) is 10.6. The van der Waals surface area contributed by atoms with Crippen LogP contribution in [0.1, 0.15) is 29.3 Å². The van der Waals surface area contributed by atoms with Crippen LogP contribution >= 0.6 is 0 Å². The lowest BCUT2D eigenvalue weighted by Crippen LogP contribution is -2.45. The molecule has 1 heterocycles. The van der Waals surface area contributed by atoms with Gasteiger partial charge >= 0.3 is 0 Å². The number of aryl methyl sites for hydroxylation is 1. The molecule has 7 nitrogen and oxygen atoms in total. The Morgan fingerprint density at radius 2 is 1.88 bits per heavy atom. The van der Waals surface area contributed by atoms with Crippen LogP contribution in [-0.4, -0.2) is 77.0 Å². The minimum atomic E-state index is -3.57. The van der Waals surface area contributed by atoms with E-state index in [-0.39, 0.29) is 10.8 Å². The van der Waals surface area contributed by atoms with Crippen LogP contribution in [0.2, 0.25) is 0 Å². The molecule has 0 spiro atoms. The van der Waals surface area contributed by atoms with Crippen LogP contribution in [0, 0.1) is 6.92 Å².